The monoisotopic (exact) mass is 358 g/mol. The summed E-state index contributed by atoms with van der Waals surface area (Å²) < 4.78 is 0. The van der Waals surface area contributed by atoms with Crippen LogP contribution in [0.25, 0.3) is 0 Å². The number of nitrogens with one attached hydrogen (secondary N) is 2. The molecule has 2 aromatic rings. The van der Waals surface area contributed by atoms with E-state index in [1.54, 1.807) is 0 Å². The minimum absolute atomic E-state index is 0.440. The number of rotatable bonds is 3. The second-order valence-corrected chi connectivity index (χ2v) is 7.37. The molecule has 2 N–H and O–H groups in total. The Labute approximate surface area is 151 Å². The molecule has 0 aliphatic carbocycles. The number of piperidine rings is 1. The van der Waals surface area contributed by atoms with Gasteiger partial charge in [-0.05, 0) is 57.4 Å². The van der Waals surface area contributed by atoms with Crippen LogP contribution in [0.1, 0.15) is 29.8 Å². The lowest BCUT2D eigenvalue weighted by atomic mass is 10.1. The van der Waals surface area contributed by atoms with E-state index in [4.69, 9.17) is 0 Å². The normalized spacial score (nSPS) is 14.2. The fourth-order valence-electron chi connectivity index (χ4n) is 2.78. The predicted octanol–water partition coefficient (Wildman–Crippen LogP) is 3.33. The van der Waals surface area contributed by atoms with Crippen LogP contribution in [0, 0.1) is 13.8 Å². The van der Waals surface area contributed by atoms with Crippen molar-refractivity contribution in [2.75, 3.05) is 28.6 Å². The van der Waals surface area contributed by atoms with Crippen LogP contribution in [-0.4, -0.2) is 29.9 Å². The smallest absolute Gasteiger partial charge is 0.315 e. The van der Waals surface area contributed by atoms with E-state index in [0.29, 0.717) is 10.8 Å². The summed E-state index contributed by atoms with van der Waals surface area (Å²) in [5.41, 5.74) is 2.61. The van der Waals surface area contributed by atoms with Gasteiger partial charge in [0.05, 0.1) is 5.69 Å². The van der Waals surface area contributed by atoms with Gasteiger partial charge in [0.1, 0.15) is 0 Å². The molecule has 2 amide bonds. The molecule has 0 unspecified atom stereocenters. The molecule has 6 nitrogen and oxygen atoms in total. The number of amides is 2. The Morgan fingerprint density at radius 2 is 1.64 bits per heavy atom. The molecule has 1 fully saturated rings. The summed E-state index contributed by atoms with van der Waals surface area (Å²) in [6, 6.07) is 7.61. The molecule has 3 rings (SSSR count). The van der Waals surface area contributed by atoms with Crippen molar-refractivity contribution in [2.45, 2.75) is 33.1 Å². The van der Waals surface area contributed by atoms with Crippen LogP contribution in [0.4, 0.5) is 16.5 Å². The lowest BCUT2D eigenvalue weighted by molar-refractivity contribution is -0.132. The number of thiazole rings is 1. The number of carbonyl (C=O) groups excluding carboxylic acids is 2. The van der Waals surface area contributed by atoms with Crippen LogP contribution >= 0.6 is 11.3 Å². The zero-order valence-electron chi connectivity index (χ0n) is 14.5. The number of nitrogens with zero attached hydrogens (tertiary/aromatic N) is 2. The molecular formula is C18H22N4O2S. The minimum atomic E-state index is -0.714. The van der Waals surface area contributed by atoms with Gasteiger partial charge in [-0.25, -0.2) is 4.98 Å². The number of hydrogen-bond donors (Lipinski definition) is 2. The van der Waals surface area contributed by atoms with Crippen molar-refractivity contribution in [3.05, 3.63) is 34.8 Å². The van der Waals surface area contributed by atoms with Crippen LogP contribution in [0.15, 0.2) is 24.3 Å². The van der Waals surface area contributed by atoms with Gasteiger partial charge >= 0.3 is 11.8 Å². The fourth-order valence-corrected chi connectivity index (χ4v) is 3.59. The van der Waals surface area contributed by atoms with E-state index in [-0.39, 0.29) is 0 Å². The molecule has 0 bridgehead atoms. The average molecular weight is 358 g/mol. The summed E-state index contributed by atoms with van der Waals surface area (Å²) >= 11 is 1.36. The average Bonchev–Trinajstić information content (AvgIpc) is 2.93. The Bertz CT molecular complexity index is 744. The molecule has 1 aliphatic heterocycles. The Morgan fingerprint density at radius 3 is 2.24 bits per heavy atom. The second kappa shape index (κ2) is 7.65. The highest BCUT2D eigenvalue weighted by atomic mass is 32.1. The lowest BCUT2D eigenvalue weighted by Crippen LogP contribution is -2.30. The van der Waals surface area contributed by atoms with Gasteiger partial charge in [-0.2, -0.15) is 0 Å². The second-order valence-electron chi connectivity index (χ2n) is 6.16. The number of anilines is 3. The number of aromatic nitrogens is 1. The van der Waals surface area contributed by atoms with E-state index >= 15 is 0 Å². The summed E-state index contributed by atoms with van der Waals surface area (Å²) in [5.74, 6) is -1.41. The highest BCUT2D eigenvalue weighted by molar-refractivity contribution is 7.15. The highest BCUT2D eigenvalue weighted by Crippen LogP contribution is 2.22. The Balaban J connectivity index is 1.57. The number of carbonyl (C=O) groups is 2. The van der Waals surface area contributed by atoms with Gasteiger partial charge in [0.25, 0.3) is 0 Å². The van der Waals surface area contributed by atoms with E-state index in [2.05, 4.69) is 20.5 Å². The summed E-state index contributed by atoms with van der Waals surface area (Å²) in [7, 11) is 0. The molecular weight excluding hydrogens is 336 g/mol. The quantitative estimate of drug-likeness (QED) is 0.826. The first-order valence-electron chi connectivity index (χ1n) is 8.44. The summed E-state index contributed by atoms with van der Waals surface area (Å²) in [6.07, 6.45) is 3.72. The number of aryl methyl sites for hydroxylation is 2. The van der Waals surface area contributed by atoms with E-state index in [0.717, 1.165) is 29.3 Å². The van der Waals surface area contributed by atoms with Crippen molar-refractivity contribution in [2.24, 2.45) is 0 Å². The van der Waals surface area contributed by atoms with Crippen molar-refractivity contribution < 1.29 is 9.59 Å². The fraction of sp³-hybridized carbons (Fsp3) is 0.389. The van der Waals surface area contributed by atoms with E-state index in [9.17, 15) is 9.59 Å². The Hall–Kier alpha value is -2.41. The van der Waals surface area contributed by atoms with Gasteiger partial charge in [-0.1, -0.05) is 0 Å². The molecule has 0 radical (unpaired) electrons. The first kappa shape index (κ1) is 17.4. The van der Waals surface area contributed by atoms with E-state index in [1.807, 2.05) is 38.1 Å². The van der Waals surface area contributed by atoms with Gasteiger partial charge in [0, 0.05) is 29.3 Å². The van der Waals surface area contributed by atoms with Crippen molar-refractivity contribution in [3.8, 4) is 0 Å². The summed E-state index contributed by atoms with van der Waals surface area (Å²) in [6.45, 7) is 5.93. The van der Waals surface area contributed by atoms with Crippen LogP contribution in [0.3, 0.4) is 0 Å². The van der Waals surface area contributed by atoms with Crippen molar-refractivity contribution >= 4 is 39.7 Å². The predicted molar refractivity (Wildman–Crippen MR) is 101 cm³/mol. The molecule has 1 aromatic carbocycles. The maximum absolute atomic E-state index is 12.0. The molecule has 2 heterocycles. The topological polar surface area (TPSA) is 74.3 Å². The minimum Gasteiger partial charge on any atom is -0.372 e. The van der Waals surface area contributed by atoms with Gasteiger partial charge in [-0.15, -0.1) is 11.3 Å². The molecule has 1 aliphatic rings. The molecule has 132 valence electrons. The molecule has 7 heteroatoms. The Kier molecular flexibility index (Phi) is 5.33. The summed E-state index contributed by atoms with van der Waals surface area (Å²) in [4.78, 5) is 31.6. The maximum atomic E-state index is 12.0. The first-order valence-corrected chi connectivity index (χ1v) is 9.26. The molecule has 1 aromatic heterocycles. The standard InChI is InChI=1S/C18H22N4O2S/c1-12-13(2)25-18(19-12)21-17(24)16(23)20-14-6-8-15(9-7-14)22-10-4-3-5-11-22/h6-9H,3-5,10-11H2,1-2H3,(H,20,23)(H,19,21,24). The maximum Gasteiger partial charge on any atom is 0.315 e. The molecule has 1 saturated heterocycles. The van der Waals surface area contributed by atoms with E-state index < -0.39 is 11.8 Å². The van der Waals surface area contributed by atoms with Crippen LogP contribution in [0.2, 0.25) is 0 Å². The van der Waals surface area contributed by atoms with Crippen LogP contribution in [0.5, 0.6) is 0 Å². The zero-order chi connectivity index (χ0) is 17.8. The van der Waals surface area contributed by atoms with Crippen molar-refractivity contribution in [1.29, 1.82) is 0 Å². The third kappa shape index (κ3) is 4.36. The molecule has 0 spiro atoms. The largest absolute Gasteiger partial charge is 0.372 e. The van der Waals surface area contributed by atoms with Gasteiger partial charge in [-0.3, -0.25) is 14.9 Å². The summed E-state index contributed by atoms with van der Waals surface area (Å²) in [5, 5.41) is 5.60. The van der Waals surface area contributed by atoms with Gasteiger partial charge in [0.2, 0.25) is 0 Å². The lowest BCUT2D eigenvalue weighted by Gasteiger charge is -2.28. The SMILES string of the molecule is Cc1nc(NC(=O)C(=O)Nc2ccc(N3CCCCC3)cc2)sc1C. The van der Waals surface area contributed by atoms with Crippen LogP contribution in [-0.2, 0) is 9.59 Å². The Morgan fingerprint density at radius 1 is 1.00 bits per heavy atom. The highest BCUT2D eigenvalue weighted by Gasteiger charge is 2.17. The van der Waals surface area contributed by atoms with Crippen molar-refractivity contribution in [3.63, 3.8) is 0 Å². The number of benzene rings is 1. The third-order valence-corrected chi connectivity index (χ3v) is 5.29. The molecule has 0 atom stereocenters. The van der Waals surface area contributed by atoms with E-state index in [1.165, 1.54) is 30.6 Å². The first-order chi connectivity index (χ1) is 12.0. The van der Waals surface area contributed by atoms with Gasteiger partial charge < -0.3 is 10.2 Å². The third-order valence-electron chi connectivity index (χ3n) is 4.30. The molecule has 25 heavy (non-hydrogen) atoms. The number of hydrogen-bond acceptors (Lipinski definition) is 5. The van der Waals surface area contributed by atoms with Crippen molar-refractivity contribution in [1.82, 2.24) is 4.98 Å². The van der Waals surface area contributed by atoms with Gasteiger partial charge in [0.15, 0.2) is 5.13 Å². The zero-order valence-corrected chi connectivity index (χ0v) is 15.3. The van der Waals surface area contributed by atoms with Crippen LogP contribution < -0.4 is 15.5 Å². The molecule has 0 saturated carbocycles.